The zero-order chi connectivity index (χ0) is 12.8. The number of aliphatic hydroxyl groups is 1. The van der Waals surface area contributed by atoms with Gasteiger partial charge in [0.25, 0.3) is 5.91 Å². The summed E-state index contributed by atoms with van der Waals surface area (Å²) < 4.78 is 5.35. The minimum Gasteiger partial charge on any atom is -0.484 e. The SMILES string of the molecule is O=C(COc1ccccc1)N[C@H]1CCCC[C@H]1O. The first kappa shape index (κ1) is 12.9. The summed E-state index contributed by atoms with van der Waals surface area (Å²) in [7, 11) is 0. The number of ether oxygens (including phenoxy) is 1. The fraction of sp³-hybridized carbons (Fsp3) is 0.500. The lowest BCUT2D eigenvalue weighted by molar-refractivity contribution is -0.125. The third-order valence-corrected chi connectivity index (χ3v) is 3.19. The van der Waals surface area contributed by atoms with Gasteiger partial charge in [-0.2, -0.15) is 0 Å². The molecule has 1 saturated carbocycles. The minimum absolute atomic E-state index is 0.00671. The van der Waals surface area contributed by atoms with Gasteiger partial charge in [-0.3, -0.25) is 4.79 Å². The molecule has 0 spiro atoms. The molecule has 0 radical (unpaired) electrons. The molecule has 1 amide bonds. The molecule has 0 bridgehead atoms. The first-order valence-corrected chi connectivity index (χ1v) is 6.41. The van der Waals surface area contributed by atoms with Crippen LogP contribution in [0.2, 0.25) is 0 Å². The van der Waals surface area contributed by atoms with Crippen LogP contribution in [0, 0.1) is 0 Å². The number of rotatable bonds is 4. The second-order valence-electron chi connectivity index (χ2n) is 4.63. The number of amides is 1. The summed E-state index contributed by atoms with van der Waals surface area (Å²) >= 11 is 0. The van der Waals surface area contributed by atoms with E-state index < -0.39 is 6.10 Å². The maximum atomic E-state index is 11.7. The molecule has 1 aliphatic rings. The van der Waals surface area contributed by atoms with E-state index >= 15 is 0 Å². The van der Waals surface area contributed by atoms with Crippen LogP contribution in [0.1, 0.15) is 25.7 Å². The Morgan fingerprint density at radius 3 is 2.72 bits per heavy atom. The zero-order valence-corrected chi connectivity index (χ0v) is 10.3. The molecule has 2 atom stereocenters. The fourth-order valence-corrected chi connectivity index (χ4v) is 2.19. The van der Waals surface area contributed by atoms with Gasteiger partial charge in [-0.1, -0.05) is 31.0 Å². The molecule has 0 saturated heterocycles. The van der Waals surface area contributed by atoms with Crippen molar-refractivity contribution in [3.05, 3.63) is 30.3 Å². The summed E-state index contributed by atoms with van der Waals surface area (Å²) in [6.45, 7) is -0.00671. The Balaban J connectivity index is 1.75. The van der Waals surface area contributed by atoms with E-state index in [0.29, 0.717) is 5.75 Å². The van der Waals surface area contributed by atoms with Gasteiger partial charge in [0.1, 0.15) is 5.75 Å². The predicted molar refractivity (Wildman–Crippen MR) is 68.3 cm³/mol. The smallest absolute Gasteiger partial charge is 0.258 e. The van der Waals surface area contributed by atoms with E-state index in [0.717, 1.165) is 25.7 Å². The quantitative estimate of drug-likeness (QED) is 0.850. The van der Waals surface area contributed by atoms with Crippen molar-refractivity contribution in [3.63, 3.8) is 0 Å². The normalized spacial score (nSPS) is 23.4. The second kappa shape index (κ2) is 6.40. The van der Waals surface area contributed by atoms with Gasteiger partial charge in [0.15, 0.2) is 6.61 Å². The average molecular weight is 249 g/mol. The third-order valence-electron chi connectivity index (χ3n) is 3.19. The monoisotopic (exact) mass is 249 g/mol. The van der Waals surface area contributed by atoms with Crippen LogP contribution in [0.4, 0.5) is 0 Å². The topological polar surface area (TPSA) is 58.6 Å². The minimum atomic E-state index is -0.417. The molecule has 2 N–H and O–H groups in total. The van der Waals surface area contributed by atoms with E-state index in [1.807, 2.05) is 30.3 Å². The number of benzene rings is 1. The van der Waals surface area contributed by atoms with Crippen LogP contribution < -0.4 is 10.1 Å². The van der Waals surface area contributed by atoms with Crippen molar-refractivity contribution >= 4 is 5.91 Å². The van der Waals surface area contributed by atoms with Gasteiger partial charge in [-0.05, 0) is 25.0 Å². The molecule has 0 aliphatic heterocycles. The van der Waals surface area contributed by atoms with Crippen molar-refractivity contribution in [1.29, 1.82) is 0 Å². The molecule has 4 nitrogen and oxygen atoms in total. The van der Waals surface area contributed by atoms with E-state index in [9.17, 15) is 9.90 Å². The van der Waals surface area contributed by atoms with E-state index in [1.54, 1.807) is 0 Å². The molecule has 0 unspecified atom stereocenters. The molecule has 1 fully saturated rings. The summed E-state index contributed by atoms with van der Waals surface area (Å²) in [6, 6.07) is 9.11. The van der Waals surface area contributed by atoms with E-state index in [2.05, 4.69) is 5.32 Å². The Labute approximate surface area is 107 Å². The summed E-state index contributed by atoms with van der Waals surface area (Å²) in [5.41, 5.74) is 0. The Morgan fingerprint density at radius 2 is 2.00 bits per heavy atom. The lowest BCUT2D eigenvalue weighted by Gasteiger charge is -2.28. The summed E-state index contributed by atoms with van der Waals surface area (Å²) in [5.74, 6) is 0.502. The maximum Gasteiger partial charge on any atom is 0.258 e. The largest absolute Gasteiger partial charge is 0.484 e. The second-order valence-corrected chi connectivity index (χ2v) is 4.63. The molecule has 1 aromatic carbocycles. The summed E-state index contributed by atoms with van der Waals surface area (Å²) in [4.78, 5) is 11.7. The third kappa shape index (κ3) is 3.74. The van der Waals surface area contributed by atoms with Crippen LogP contribution in [0.25, 0.3) is 0 Å². The van der Waals surface area contributed by atoms with Gasteiger partial charge >= 0.3 is 0 Å². The van der Waals surface area contributed by atoms with Crippen molar-refractivity contribution in [2.75, 3.05) is 6.61 Å². The van der Waals surface area contributed by atoms with Crippen LogP contribution in [-0.2, 0) is 4.79 Å². The molecule has 0 heterocycles. The van der Waals surface area contributed by atoms with Crippen molar-refractivity contribution in [3.8, 4) is 5.75 Å². The number of aliphatic hydroxyl groups excluding tert-OH is 1. The van der Waals surface area contributed by atoms with Crippen LogP contribution >= 0.6 is 0 Å². The van der Waals surface area contributed by atoms with E-state index in [1.165, 1.54) is 0 Å². The van der Waals surface area contributed by atoms with Gasteiger partial charge in [0.05, 0.1) is 12.1 Å². The lowest BCUT2D eigenvalue weighted by Crippen LogP contribution is -2.46. The zero-order valence-electron chi connectivity index (χ0n) is 10.3. The summed E-state index contributed by atoms with van der Waals surface area (Å²) in [6.07, 6.45) is 3.29. The van der Waals surface area contributed by atoms with Crippen LogP contribution in [0.3, 0.4) is 0 Å². The molecule has 18 heavy (non-hydrogen) atoms. The molecule has 98 valence electrons. The highest BCUT2D eigenvalue weighted by Gasteiger charge is 2.24. The average Bonchev–Trinajstić information content (AvgIpc) is 2.40. The van der Waals surface area contributed by atoms with E-state index in [4.69, 9.17) is 4.74 Å². The Kier molecular flexibility index (Phi) is 4.59. The maximum absolute atomic E-state index is 11.7. The first-order chi connectivity index (χ1) is 8.75. The highest BCUT2D eigenvalue weighted by Crippen LogP contribution is 2.18. The Morgan fingerprint density at radius 1 is 1.28 bits per heavy atom. The van der Waals surface area contributed by atoms with E-state index in [-0.39, 0.29) is 18.6 Å². The predicted octanol–water partition coefficient (Wildman–Crippen LogP) is 1.49. The Hall–Kier alpha value is -1.55. The number of hydrogen-bond donors (Lipinski definition) is 2. The van der Waals surface area contributed by atoms with Crippen LogP contribution in [0.15, 0.2) is 30.3 Å². The molecule has 1 aromatic rings. The van der Waals surface area contributed by atoms with Gasteiger partial charge in [-0.15, -0.1) is 0 Å². The molecule has 2 rings (SSSR count). The number of carbonyl (C=O) groups excluding carboxylic acids is 1. The molecular weight excluding hydrogens is 230 g/mol. The number of hydrogen-bond acceptors (Lipinski definition) is 3. The van der Waals surface area contributed by atoms with Crippen LogP contribution in [-0.4, -0.2) is 29.8 Å². The van der Waals surface area contributed by atoms with Gasteiger partial charge in [0.2, 0.25) is 0 Å². The Bertz CT molecular complexity index is 380. The molecule has 4 heteroatoms. The number of para-hydroxylation sites is 1. The van der Waals surface area contributed by atoms with Gasteiger partial charge < -0.3 is 15.2 Å². The lowest BCUT2D eigenvalue weighted by atomic mass is 9.92. The van der Waals surface area contributed by atoms with Gasteiger partial charge in [0, 0.05) is 0 Å². The highest BCUT2D eigenvalue weighted by atomic mass is 16.5. The van der Waals surface area contributed by atoms with Crippen LogP contribution in [0.5, 0.6) is 5.75 Å². The highest BCUT2D eigenvalue weighted by molar-refractivity contribution is 5.77. The fourth-order valence-electron chi connectivity index (χ4n) is 2.19. The van der Waals surface area contributed by atoms with Crippen molar-refractivity contribution in [2.45, 2.75) is 37.8 Å². The molecule has 0 aromatic heterocycles. The van der Waals surface area contributed by atoms with Crippen molar-refractivity contribution < 1.29 is 14.6 Å². The number of nitrogens with one attached hydrogen (secondary N) is 1. The standard InChI is InChI=1S/C14H19NO3/c16-13-9-5-4-8-12(13)15-14(17)10-18-11-6-2-1-3-7-11/h1-3,6-7,12-13,16H,4-5,8-10H2,(H,15,17)/t12-,13+/m0/s1. The van der Waals surface area contributed by atoms with Crippen molar-refractivity contribution in [1.82, 2.24) is 5.32 Å². The summed E-state index contributed by atoms with van der Waals surface area (Å²) in [5, 5.41) is 12.6. The van der Waals surface area contributed by atoms with Crippen molar-refractivity contribution in [2.24, 2.45) is 0 Å². The first-order valence-electron chi connectivity index (χ1n) is 6.41. The molecule has 1 aliphatic carbocycles. The molecular formula is C14H19NO3. The van der Waals surface area contributed by atoms with Gasteiger partial charge in [-0.25, -0.2) is 0 Å². The number of carbonyl (C=O) groups is 1.